The van der Waals surface area contributed by atoms with Crippen molar-refractivity contribution in [2.24, 2.45) is 5.92 Å². The second-order valence-corrected chi connectivity index (χ2v) is 7.66. The Morgan fingerprint density at radius 1 is 1.17 bits per heavy atom. The molecule has 1 atom stereocenters. The van der Waals surface area contributed by atoms with E-state index >= 15 is 0 Å². The van der Waals surface area contributed by atoms with Crippen LogP contribution in [-0.4, -0.2) is 61.5 Å². The average molecular weight is 415 g/mol. The molecule has 1 unspecified atom stereocenters. The molecule has 0 bridgehead atoms. The lowest BCUT2D eigenvalue weighted by Gasteiger charge is -2.36. The highest BCUT2D eigenvalue weighted by Crippen LogP contribution is 2.35. The molecule has 2 aliphatic heterocycles. The minimum Gasteiger partial charge on any atom is -0.495 e. The molecule has 29 heavy (non-hydrogen) atoms. The molecule has 0 aliphatic carbocycles. The highest BCUT2D eigenvalue weighted by molar-refractivity contribution is 6.31. The second kappa shape index (κ2) is 8.29. The minimum absolute atomic E-state index is 0.0301. The number of piperazine rings is 1. The monoisotopic (exact) mass is 414 g/mol. The van der Waals surface area contributed by atoms with Gasteiger partial charge < -0.3 is 19.4 Å². The number of hydrogen-bond acceptors (Lipinski definition) is 5. The SMILES string of the molecule is COc1ccc(Cl)cc1N1CC(C(=O)N2CCN(c3ccccn3)CC2)CC1=O. The highest BCUT2D eigenvalue weighted by Gasteiger charge is 2.39. The topological polar surface area (TPSA) is 66.0 Å². The summed E-state index contributed by atoms with van der Waals surface area (Å²) in [6.07, 6.45) is 1.98. The molecule has 152 valence electrons. The zero-order valence-electron chi connectivity index (χ0n) is 16.3. The summed E-state index contributed by atoms with van der Waals surface area (Å²) in [6.45, 7) is 3.06. The van der Waals surface area contributed by atoms with Gasteiger partial charge >= 0.3 is 0 Å². The third kappa shape index (κ3) is 4.00. The van der Waals surface area contributed by atoms with Crippen LogP contribution < -0.4 is 14.5 Å². The van der Waals surface area contributed by atoms with Gasteiger partial charge in [-0.3, -0.25) is 9.59 Å². The number of carbonyl (C=O) groups excluding carboxylic acids is 2. The first-order valence-corrected chi connectivity index (χ1v) is 10.0. The molecule has 7 nitrogen and oxygen atoms in total. The van der Waals surface area contributed by atoms with E-state index in [1.807, 2.05) is 23.1 Å². The van der Waals surface area contributed by atoms with Crippen LogP contribution in [0, 0.1) is 5.92 Å². The molecule has 0 saturated carbocycles. The predicted octanol–water partition coefficient (Wildman–Crippen LogP) is 2.45. The quantitative estimate of drug-likeness (QED) is 0.768. The molecule has 4 rings (SSSR count). The number of anilines is 2. The van der Waals surface area contributed by atoms with Gasteiger partial charge in [-0.1, -0.05) is 17.7 Å². The van der Waals surface area contributed by atoms with Crippen LogP contribution in [0.3, 0.4) is 0 Å². The van der Waals surface area contributed by atoms with Gasteiger partial charge in [0.25, 0.3) is 0 Å². The summed E-state index contributed by atoms with van der Waals surface area (Å²) in [4.78, 5) is 35.7. The molecule has 2 fully saturated rings. The zero-order valence-corrected chi connectivity index (χ0v) is 17.0. The fraction of sp³-hybridized carbons (Fsp3) is 0.381. The number of rotatable bonds is 4. The molecule has 0 radical (unpaired) electrons. The Morgan fingerprint density at radius 3 is 2.66 bits per heavy atom. The molecular weight excluding hydrogens is 392 g/mol. The van der Waals surface area contributed by atoms with Gasteiger partial charge in [-0.2, -0.15) is 0 Å². The van der Waals surface area contributed by atoms with Crippen molar-refractivity contribution < 1.29 is 14.3 Å². The average Bonchev–Trinajstić information content (AvgIpc) is 3.15. The fourth-order valence-electron chi connectivity index (χ4n) is 3.93. The van der Waals surface area contributed by atoms with Crippen molar-refractivity contribution in [2.75, 3.05) is 49.6 Å². The Bertz CT molecular complexity index is 900. The fourth-order valence-corrected chi connectivity index (χ4v) is 4.10. The second-order valence-electron chi connectivity index (χ2n) is 7.22. The van der Waals surface area contributed by atoms with Gasteiger partial charge in [0.15, 0.2) is 0 Å². The first-order chi connectivity index (χ1) is 14.1. The van der Waals surface area contributed by atoms with E-state index in [4.69, 9.17) is 16.3 Å². The molecule has 3 heterocycles. The maximum Gasteiger partial charge on any atom is 0.228 e. The Hall–Kier alpha value is -2.80. The lowest BCUT2D eigenvalue weighted by Crippen LogP contribution is -2.51. The molecule has 8 heteroatoms. The van der Waals surface area contributed by atoms with E-state index in [0.717, 1.165) is 18.9 Å². The third-order valence-corrected chi connectivity index (χ3v) is 5.71. The Morgan fingerprint density at radius 2 is 1.97 bits per heavy atom. The van der Waals surface area contributed by atoms with Crippen LogP contribution in [0.25, 0.3) is 0 Å². The van der Waals surface area contributed by atoms with Crippen molar-refractivity contribution in [1.29, 1.82) is 0 Å². The van der Waals surface area contributed by atoms with Crippen LogP contribution in [0.5, 0.6) is 5.75 Å². The van der Waals surface area contributed by atoms with Crippen LogP contribution >= 0.6 is 11.6 Å². The van der Waals surface area contributed by atoms with Crippen LogP contribution in [0.15, 0.2) is 42.6 Å². The van der Waals surface area contributed by atoms with E-state index < -0.39 is 0 Å². The summed E-state index contributed by atoms with van der Waals surface area (Å²) >= 11 is 6.11. The van der Waals surface area contributed by atoms with Crippen molar-refractivity contribution in [3.63, 3.8) is 0 Å². The summed E-state index contributed by atoms with van der Waals surface area (Å²) in [5, 5.41) is 0.522. The number of halogens is 1. The van der Waals surface area contributed by atoms with Crippen molar-refractivity contribution >= 4 is 34.9 Å². The van der Waals surface area contributed by atoms with Gasteiger partial charge in [-0.05, 0) is 30.3 Å². The van der Waals surface area contributed by atoms with Crippen LogP contribution in [0.2, 0.25) is 5.02 Å². The van der Waals surface area contributed by atoms with E-state index in [2.05, 4.69) is 9.88 Å². The summed E-state index contributed by atoms with van der Waals surface area (Å²) in [5.41, 5.74) is 0.611. The number of amides is 2. The van der Waals surface area contributed by atoms with E-state index in [0.29, 0.717) is 36.1 Å². The lowest BCUT2D eigenvalue weighted by atomic mass is 10.1. The Kier molecular flexibility index (Phi) is 5.58. The van der Waals surface area contributed by atoms with E-state index in [1.54, 1.807) is 36.4 Å². The molecule has 2 amide bonds. The molecular formula is C21H23ClN4O3. The maximum absolute atomic E-state index is 13.0. The predicted molar refractivity (Wildman–Crippen MR) is 111 cm³/mol. The Labute approximate surface area is 174 Å². The number of carbonyl (C=O) groups is 2. The molecule has 2 saturated heterocycles. The molecule has 2 aliphatic rings. The maximum atomic E-state index is 13.0. The first-order valence-electron chi connectivity index (χ1n) is 9.65. The number of benzene rings is 1. The third-order valence-electron chi connectivity index (χ3n) is 5.47. The van der Waals surface area contributed by atoms with Gasteiger partial charge in [-0.15, -0.1) is 0 Å². The van der Waals surface area contributed by atoms with Crippen molar-refractivity contribution in [1.82, 2.24) is 9.88 Å². The number of ether oxygens (including phenoxy) is 1. The van der Waals surface area contributed by atoms with Gasteiger partial charge in [0.2, 0.25) is 11.8 Å². The minimum atomic E-state index is -0.354. The van der Waals surface area contributed by atoms with E-state index in [1.165, 1.54) is 0 Å². The smallest absolute Gasteiger partial charge is 0.228 e. The van der Waals surface area contributed by atoms with E-state index in [9.17, 15) is 9.59 Å². The van der Waals surface area contributed by atoms with Crippen LogP contribution in [-0.2, 0) is 9.59 Å². The molecule has 2 aromatic rings. The summed E-state index contributed by atoms with van der Waals surface area (Å²) in [5.74, 6) is 1.08. The first kappa shape index (κ1) is 19.5. The molecule has 1 aromatic carbocycles. The lowest BCUT2D eigenvalue weighted by molar-refractivity contribution is -0.136. The number of pyridine rings is 1. The highest BCUT2D eigenvalue weighted by atomic mass is 35.5. The number of nitrogens with zero attached hydrogens (tertiary/aromatic N) is 4. The molecule has 0 N–H and O–H groups in total. The van der Waals surface area contributed by atoms with Crippen LogP contribution in [0.1, 0.15) is 6.42 Å². The van der Waals surface area contributed by atoms with Gasteiger partial charge in [-0.25, -0.2) is 4.98 Å². The largest absolute Gasteiger partial charge is 0.495 e. The van der Waals surface area contributed by atoms with E-state index in [-0.39, 0.29) is 24.2 Å². The summed E-state index contributed by atoms with van der Waals surface area (Å²) < 4.78 is 5.37. The standard InChI is InChI=1S/C21H23ClN4O3/c1-29-18-6-5-16(22)13-17(18)26-14-15(12-20(26)27)21(28)25-10-8-24(9-11-25)19-4-2-3-7-23-19/h2-7,13,15H,8-12,14H2,1H3. The molecule has 1 aromatic heterocycles. The normalized spacial score (nSPS) is 19.6. The van der Waals surface area contributed by atoms with Crippen molar-refractivity contribution in [3.8, 4) is 5.75 Å². The zero-order chi connectivity index (χ0) is 20.4. The van der Waals surface area contributed by atoms with Gasteiger partial charge in [0, 0.05) is 50.4 Å². The van der Waals surface area contributed by atoms with Gasteiger partial charge in [0.1, 0.15) is 11.6 Å². The van der Waals surface area contributed by atoms with Crippen LogP contribution in [0.4, 0.5) is 11.5 Å². The summed E-state index contributed by atoms with van der Waals surface area (Å²) in [6, 6.07) is 11.0. The number of hydrogen-bond donors (Lipinski definition) is 0. The Balaban J connectivity index is 1.41. The molecule has 0 spiro atoms. The number of methoxy groups -OCH3 is 1. The van der Waals surface area contributed by atoms with Crippen molar-refractivity contribution in [3.05, 3.63) is 47.6 Å². The van der Waals surface area contributed by atoms with Crippen molar-refractivity contribution in [2.45, 2.75) is 6.42 Å². The number of aromatic nitrogens is 1. The summed E-state index contributed by atoms with van der Waals surface area (Å²) in [7, 11) is 1.55. The van der Waals surface area contributed by atoms with Gasteiger partial charge in [0.05, 0.1) is 18.7 Å².